The lowest BCUT2D eigenvalue weighted by molar-refractivity contribution is 0.325. The number of nitrogens with one attached hydrogen (secondary N) is 1. The van der Waals surface area contributed by atoms with Gasteiger partial charge in [-0.1, -0.05) is 13.8 Å². The molecule has 0 amide bonds. The van der Waals surface area contributed by atoms with Gasteiger partial charge in [0, 0.05) is 31.4 Å². The monoisotopic (exact) mass is 289 g/mol. The maximum atomic E-state index is 4.36. The van der Waals surface area contributed by atoms with Crippen LogP contribution in [-0.4, -0.2) is 23.6 Å². The zero-order valence-corrected chi connectivity index (χ0v) is 14.4. The fraction of sp³-hybridized carbons (Fsp3) is 0.722. The molecule has 1 aromatic heterocycles. The van der Waals surface area contributed by atoms with Gasteiger partial charge in [-0.15, -0.1) is 0 Å². The van der Waals surface area contributed by atoms with Gasteiger partial charge in [-0.25, -0.2) is 0 Å². The van der Waals surface area contributed by atoms with Crippen LogP contribution in [0, 0.1) is 5.41 Å². The lowest BCUT2D eigenvalue weighted by Crippen LogP contribution is -2.36. The zero-order chi connectivity index (χ0) is 15.5. The van der Waals surface area contributed by atoms with Crippen LogP contribution in [0.25, 0.3) is 0 Å². The SMILES string of the molecule is CC1(C)CCCN(c2cnccc2CNC(C)(C)C)CC1. The number of hydrogen-bond donors (Lipinski definition) is 1. The minimum Gasteiger partial charge on any atom is -0.370 e. The molecule has 1 aromatic rings. The first-order valence-electron chi connectivity index (χ1n) is 8.20. The van der Waals surface area contributed by atoms with Crippen molar-refractivity contribution in [1.82, 2.24) is 10.3 Å². The molecule has 0 unspecified atom stereocenters. The van der Waals surface area contributed by atoms with Gasteiger partial charge < -0.3 is 10.2 Å². The van der Waals surface area contributed by atoms with Gasteiger partial charge in [0.15, 0.2) is 0 Å². The summed E-state index contributed by atoms with van der Waals surface area (Å²) >= 11 is 0. The zero-order valence-electron chi connectivity index (χ0n) is 14.4. The predicted molar refractivity (Wildman–Crippen MR) is 90.7 cm³/mol. The molecule has 118 valence electrons. The van der Waals surface area contributed by atoms with E-state index in [0.717, 1.165) is 19.6 Å². The Balaban J connectivity index is 2.12. The van der Waals surface area contributed by atoms with Gasteiger partial charge in [0.1, 0.15) is 0 Å². The van der Waals surface area contributed by atoms with Gasteiger partial charge in [0.2, 0.25) is 0 Å². The van der Waals surface area contributed by atoms with E-state index < -0.39 is 0 Å². The molecule has 1 fully saturated rings. The van der Waals surface area contributed by atoms with Crippen LogP contribution in [0.3, 0.4) is 0 Å². The third-order valence-electron chi connectivity index (χ3n) is 4.38. The Morgan fingerprint density at radius 3 is 2.71 bits per heavy atom. The van der Waals surface area contributed by atoms with E-state index in [9.17, 15) is 0 Å². The van der Waals surface area contributed by atoms with E-state index in [-0.39, 0.29) is 5.54 Å². The highest BCUT2D eigenvalue weighted by atomic mass is 15.1. The van der Waals surface area contributed by atoms with Gasteiger partial charge in [0.25, 0.3) is 0 Å². The van der Waals surface area contributed by atoms with Crippen molar-refractivity contribution >= 4 is 5.69 Å². The topological polar surface area (TPSA) is 28.2 Å². The van der Waals surface area contributed by atoms with E-state index in [4.69, 9.17) is 0 Å². The number of nitrogens with zero attached hydrogens (tertiary/aromatic N) is 2. The molecular weight excluding hydrogens is 258 g/mol. The number of anilines is 1. The summed E-state index contributed by atoms with van der Waals surface area (Å²) < 4.78 is 0. The lowest BCUT2D eigenvalue weighted by Gasteiger charge is -2.28. The highest BCUT2D eigenvalue weighted by molar-refractivity contribution is 5.51. The molecule has 1 N–H and O–H groups in total. The molecule has 2 heterocycles. The maximum Gasteiger partial charge on any atom is 0.0598 e. The molecule has 2 rings (SSSR count). The Hall–Kier alpha value is -1.09. The second kappa shape index (κ2) is 6.35. The Morgan fingerprint density at radius 2 is 2.00 bits per heavy atom. The molecule has 0 atom stereocenters. The van der Waals surface area contributed by atoms with Crippen molar-refractivity contribution in [2.75, 3.05) is 18.0 Å². The maximum absolute atomic E-state index is 4.36. The molecule has 3 heteroatoms. The summed E-state index contributed by atoms with van der Waals surface area (Å²) in [4.78, 5) is 6.89. The van der Waals surface area contributed by atoms with Crippen LogP contribution in [-0.2, 0) is 6.54 Å². The van der Waals surface area contributed by atoms with Crippen LogP contribution < -0.4 is 10.2 Å². The summed E-state index contributed by atoms with van der Waals surface area (Å²) in [5, 5.41) is 3.60. The number of hydrogen-bond acceptors (Lipinski definition) is 3. The Bertz CT molecular complexity index is 460. The van der Waals surface area contributed by atoms with Crippen molar-refractivity contribution in [2.24, 2.45) is 5.41 Å². The van der Waals surface area contributed by atoms with Crippen molar-refractivity contribution in [2.45, 2.75) is 66.0 Å². The molecule has 0 aliphatic carbocycles. The van der Waals surface area contributed by atoms with E-state index in [0.29, 0.717) is 5.41 Å². The summed E-state index contributed by atoms with van der Waals surface area (Å²) in [6, 6.07) is 2.16. The normalized spacial score (nSPS) is 19.4. The summed E-state index contributed by atoms with van der Waals surface area (Å²) in [5.74, 6) is 0. The van der Waals surface area contributed by atoms with E-state index in [1.807, 2.05) is 12.4 Å². The third kappa shape index (κ3) is 4.99. The van der Waals surface area contributed by atoms with E-state index >= 15 is 0 Å². The lowest BCUT2D eigenvalue weighted by atomic mass is 9.85. The summed E-state index contributed by atoms with van der Waals surface area (Å²) in [7, 11) is 0. The summed E-state index contributed by atoms with van der Waals surface area (Å²) in [6.07, 6.45) is 7.80. The molecule has 0 bridgehead atoms. The molecule has 0 saturated carbocycles. The molecule has 1 aliphatic rings. The largest absolute Gasteiger partial charge is 0.370 e. The van der Waals surface area contributed by atoms with Crippen LogP contribution >= 0.6 is 0 Å². The van der Waals surface area contributed by atoms with Crippen molar-refractivity contribution in [1.29, 1.82) is 0 Å². The number of aromatic nitrogens is 1. The van der Waals surface area contributed by atoms with Gasteiger partial charge in [-0.05, 0) is 57.1 Å². The first-order valence-corrected chi connectivity index (χ1v) is 8.20. The van der Waals surface area contributed by atoms with Crippen LogP contribution in [0.1, 0.15) is 59.4 Å². The predicted octanol–water partition coefficient (Wildman–Crippen LogP) is 3.99. The Kier molecular flexibility index (Phi) is 4.92. The average Bonchev–Trinajstić information content (AvgIpc) is 2.57. The minimum atomic E-state index is 0.140. The highest BCUT2D eigenvalue weighted by Gasteiger charge is 2.24. The molecule has 21 heavy (non-hydrogen) atoms. The fourth-order valence-corrected chi connectivity index (χ4v) is 2.87. The Labute approximate surface area is 130 Å². The fourth-order valence-electron chi connectivity index (χ4n) is 2.87. The van der Waals surface area contributed by atoms with Crippen molar-refractivity contribution in [3.05, 3.63) is 24.0 Å². The van der Waals surface area contributed by atoms with Crippen molar-refractivity contribution in [3.63, 3.8) is 0 Å². The van der Waals surface area contributed by atoms with Crippen LogP contribution in [0.15, 0.2) is 18.5 Å². The molecule has 1 aliphatic heterocycles. The third-order valence-corrected chi connectivity index (χ3v) is 4.38. The molecule has 0 radical (unpaired) electrons. The first kappa shape index (κ1) is 16.3. The van der Waals surface area contributed by atoms with Gasteiger partial charge in [0.05, 0.1) is 11.9 Å². The van der Waals surface area contributed by atoms with Gasteiger partial charge in [-0.3, -0.25) is 4.98 Å². The standard InChI is InChI=1S/C18H31N3/c1-17(2,3)20-13-15-7-10-19-14-16(15)21-11-6-8-18(4,5)9-12-21/h7,10,14,20H,6,8-9,11-13H2,1-5H3. The average molecular weight is 289 g/mol. The highest BCUT2D eigenvalue weighted by Crippen LogP contribution is 2.32. The first-order chi connectivity index (χ1) is 9.77. The number of rotatable bonds is 3. The molecule has 3 nitrogen and oxygen atoms in total. The molecule has 0 aromatic carbocycles. The van der Waals surface area contributed by atoms with E-state index in [1.165, 1.54) is 30.5 Å². The van der Waals surface area contributed by atoms with Crippen LogP contribution in [0.4, 0.5) is 5.69 Å². The van der Waals surface area contributed by atoms with E-state index in [2.05, 4.69) is 55.9 Å². The quantitative estimate of drug-likeness (QED) is 0.912. The second-order valence-electron chi connectivity index (χ2n) is 8.11. The van der Waals surface area contributed by atoms with Crippen molar-refractivity contribution in [3.8, 4) is 0 Å². The molecular formula is C18H31N3. The van der Waals surface area contributed by atoms with Crippen LogP contribution in [0.2, 0.25) is 0 Å². The van der Waals surface area contributed by atoms with Gasteiger partial charge >= 0.3 is 0 Å². The van der Waals surface area contributed by atoms with Crippen molar-refractivity contribution < 1.29 is 0 Å². The smallest absolute Gasteiger partial charge is 0.0598 e. The molecule has 1 saturated heterocycles. The van der Waals surface area contributed by atoms with Gasteiger partial charge in [-0.2, -0.15) is 0 Å². The summed E-state index contributed by atoms with van der Waals surface area (Å²) in [6.45, 7) is 14.6. The van der Waals surface area contributed by atoms with E-state index in [1.54, 1.807) is 0 Å². The van der Waals surface area contributed by atoms with Crippen LogP contribution in [0.5, 0.6) is 0 Å². The Morgan fingerprint density at radius 1 is 1.24 bits per heavy atom. The minimum absolute atomic E-state index is 0.140. The number of pyridine rings is 1. The summed E-state index contributed by atoms with van der Waals surface area (Å²) in [5.41, 5.74) is 3.29. The second-order valence-corrected chi connectivity index (χ2v) is 8.11. The molecule has 0 spiro atoms.